The Labute approximate surface area is 134 Å². The van der Waals surface area contributed by atoms with Crippen molar-refractivity contribution in [2.45, 2.75) is 40.3 Å². The van der Waals surface area contributed by atoms with Crippen molar-refractivity contribution in [1.82, 2.24) is 10.3 Å². The first kappa shape index (κ1) is 16.4. The van der Waals surface area contributed by atoms with E-state index in [4.69, 9.17) is 20.8 Å². The van der Waals surface area contributed by atoms with Gasteiger partial charge in [-0.05, 0) is 45.4 Å². The summed E-state index contributed by atoms with van der Waals surface area (Å²) < 4.78 is 11.0. The quantitative estimate of drug-likeness (QED) is 0.917. The maximum absolute atomic E-state index is 12.1. The van der Waals surface area contributed by atoms with Crippen LogP contribution in [0.4, 0.5) is 0 Å². The van der Waals surface area contributed by atoms with Crippen molar-refractivity contribution in [3.05, 3.63) is 46.1 Å². The Morgan fingerprint density at radius 1 is 1.41 bits per heavy atom. The summed E-state index contributed by atoms with van der Waals surface area (Å²) in [6.07, 6.45) is -0.670. The number of aromatic nitrogens is 1. The van der Waals surface area contributed by atoms with E-state index in [0.717, 1.165) is 17.0 Å². The van der Waals surface area contributed by atoms with Gasteiger partial charge in [-0.15, -0.1) is 0 Å². The summed E-state index contributed by atoms with van der Waals surface area (Å²) in [5.41, 5.74) is 1.83. The van der Waals surface area contributed by atoms with Gasteiger partial charge in [-0.1, -0.05) is 17.7 Å². The lowest BCUT2D eigenvalue weighted by Crippen LogP contribution is -2.36. The van der Waals surface area contributed by atoms with Crippen molar-refractivity contribution < 1.29 is 13.9 Å². The summed E-state index contributed by atoms with van der Waals surface area (Å²) in [6, 6.07) is 5.43. The first-order valence-electron chi connectivity index (χ1n) is 7.00. The molecule has 1 atom stereocenters. The zero-order chi connectivity index (χ0) is 16.3. The van der Waals surface area contributed by atoms with Crippen LogP contribution in [0, 0.1) is 20.8 Å². The molecule has 0 saturated heterocycles. The number of nitrogens with one attached hydrogen (secondary N) is 1. The lowest BCUT2D eigenvalue weighted by molar-refractivity contribution is -0.127. The molecule has 0 saturated carbocycles. The van der Waals surface area contributed by atoms with Crippen LogP contribution in [0.25, 0.3) is 0 Å². The minimum atomic E-state index is -0.670. The molecule has 1 unspecified atom stereocenters. The molecular formula is C16H19ClN2O3. The van der Waals surface area contributed by atoms with E-state index in [1.165, 1.54) is 0 Å². The fraction of sp³-hybridized carbons (Fsp3) is 0.375. The van der Waals surface area contributed by atoms with Gasteiger partial charge in [-0.2, -0.15) is 0 Å². The molecule has 1 aromatic carbocycles. The molecule has 0 aliphatic heterocycles. The van der Waals surface area contributed by atoms with E-state index in [1.54, 1.807) is 19.1 Å². The van der Waals surface area contributed by atoms with E-state index in [2.05, 4.69) is 10.3 Å². The third-order valence-corrected chi connectivity index (χ3v) is 3.56. The number of benzene rings is 1. The summed E-state index contributed by atoms with van der Waals surface area (Å²) in [4.78, 5) is 16.3. The first-order chi connectivity index (χ1) is 10.4. The Morgan fingerprint density at radius 2 is 2.14 bits per heavy atom. The summed E-state index contributed by atoms with van der Waals surface area (Å²) in [6.45, 7) is 7.51. The molecule has 0 aliphatic carbocycles. The Balaban J connectivity index is 1.93. The predicted molar refractivity (Wildman–Crippen MR) is 84.1 cm³/mol. The monoisotopic (exact) mass is 322 g/mol. The van der Waals surface area contributed by atoms with Gasteiger partial charge >= 0.3 is 0 Å². The molecule has 1 N–H and O–H groups in total. The van der Waals surface area contributed by atoms with Gasteiger partial charge in [0.15, 0.2) is 6.10 Å². The fourth-order valence-electron chi connectivity index (χ4n) is 1.87. The summed E-state index contributed by atoms with van der Waals surface area (Å²) in [7, 11) is 0. The zero-order valence-corrected chi connectivity index (χ0v) is 13.8. The largest absolute Gasteiger partial charge is 0.479 e. The molecule has 0 fully saturated rings. The molecule has 118 valence electrons. The van der Waals surface area contributed by atoms with Crippen LogP contribution >= 0.6 is 11.6 Å². The number of halogens is 1. The van der Waals surface area contributed by atoms with Gasteiger partial charge in [0.1, 0.15) is 11.5 Å². The summed E-state index contributed by atoms with van der Waals surface area (Å²) in [5, 5.41) is 3.21. The molecular weight excluding hydrogens is 304 g/mol. The normalized spacial score (nSPS) is 12.0. The van der Waals surface area contributed by atoms with Crippen LogP contribution in [0.5, 0.6) is 5.75 Å². The van der Waals surface area contributed by atoms with Gasteiger partial charge in [0.2, 0.25) is 5.89 Å². The molecule has 0 aliphatic rings. The summed E-state index contributed by atoms with van der Waals surface area (Å²) in [5.74, 6) is 1.46. The Hall–Kier alpha value is -2.01. The second-order valence-corrected chi connectivity index (χ2v) is 5.57. The molecule has 2 aromatic rings. The number of hydrogen-bond acceptors (Lipinski definition) is 4. The van der Waals surface area contributed by atoms with E-state index in [9.17, 15) is 4.79 Å². The van der Waals surface area contributed by atoms with Crippen molar-refractivity contribution in [2.24, 2.45) is 0 Å². The standard InChI is InChI=1S/C16H19ClN2O3/c1-9-5-6-13(17)14(7-9)21-12(4)16(20)18-8-15-19-10(2)11(3)22-15/h5-7,12H,8H2,1-4H3,(H,18,20). The molecule has 6 heteroatoms. The van der Waals surface area contributed by atoms with Crippen LogP contribution in [-0.4, -0.2) is 17.0 Å². The lowest BCUT2D eigenvalue weighted by atomic mass is 10.2. The topological polar surface area (TPSA) is 64.4 Å². The minimum absolute atomic E-state index is 0.225. The maximum Gasteiger partial charge on any atom is 0.261 e. The molecule has 1 aromatic heterocycles. The second kappa shape index (κ2) is 6.83. The highest BCUT2D eigenvalue weighted by atomic mass is 35.5. The number of carbonyl (C=O) groups is 1. The van der Waals surface area contributed by atoms with Crippen LogP contribution in [0.15, 0.2) is 22.6 Å². The van der Waals surface area contributed by atoms with Gasteiger partial charge in [0.25, 0.3) is 5.91 Å². The van der Waals surface area contributed by atoms with Crippen LogP contribution in [0.3, 0.4) is 0 Å². The van der Waals surface area contributed by atoms with Crippen molar-refractivity contribution in [2.75, 3.05) is 0 Å². The number of oxazole rings is 1. The van der Waals surface area contributed by atoms with Crippen molar-refractivity contribution in [1.29, 1.82) is 0 Å². The van der Waals surface area contributed by atoms with Gasteiger partial charge in [0.05, 0.1) is 17.3 Å². The fourth-order valence-corrected chi connectivity index (χ4v) is 2.03. The Kier molecular flexibility index (Phi) is 5.08. The molecule has 5 nitrogen and oxygen atoms in total. The Morgan fingerprint density at radius 3 is 2.77 bits per heavy atom. The number of rotatable bonds is 5. The number of amides is 1. The second-order valence-electron chi connectivity index (χ2n) is 5.16. The van der Waals surface area contributed by atoms with E-state index < -0.39 is 6.10 Å². The van der Waals surface area contributed by atoms with Gasteiger partial charge < -0.3 is 14.5 Å². The molecule has 22 heavy (non-hydrogen) atoms. The third-order valence-electron chi connectivity index (χ3n) is 3.25. The zero-order valence-electron chi connectivity index (χ0n) is 13.1. The van der Waals surface area contributed by atoms with Crippen LogP contribution in [-0.2, 0) is 11.3 Å². The van der Waals surface area contributed by atoms with Gasteiger partial charge in [0, 0.05) is 0 Å². The molecule has 1 amide bonds. The molecule has 0 bridgehead atoms. The van der Waals surface area contributed by atoms with E-state index in [1.807, 2.05) is 26.8 Å². The highest BCUT2D eigenvalue weighted by molar-refractivity contribution is 6.32. The lowest BCUT2D eigenvalue weighted by Gasteiger charge is -2.15. The average molecular weight is 323 g/mol. The van der Waals surface area contributed by atoms with E-state index in [0.29, 0.717) is 16.7 Å². The number of hydrogen-bond donors (Lipinski definition) is 1. The van der Waals surface area contributed by atoms with Gasteiger partial charge in [-0.3, -0.25) is 4.79 Å². The van der Waals surface area contributed by atoms with Crippen molar-refractivity contribution in [3.8, 4) is 5.75 Å². The number of nitrogens with zero attached hydrogens (tertiary/aromatic N) is 1. The van der Waals surface area contributed by atoms with Crippen LogP contribution in [0.2, 0.25) is 5.02 Å². The smallest absolute Gasteiger partial charge is 0.261 e. The van der Waals surface area contributed by atoms with Gasteiger partial charge in [-0.25, -0.2) is 4.98 Å². The third kappa shape index (κ3) is 4.01. The minimum Gasteiger partial charge on any atom is -0.479 e. The number of ether oxygens (including phenoxy) is 1. The number of carbonyl (C=O) groups excluding carboxylic acids is 1. The predicted octanol–water partition coefficient (Wildman–Crippen LogP) is 3.34. The van der Waals surface area contributed by atoms with Crippen LogP contribution < -0.4 is 10.1 Å². The molecule has 0 radical (unpaired) electrons. The Bertz CT molecular complexity index is 663. The van der Waals surface area contributed by atoms with E-state index >= 15 is 0 Å². The molecule has 1 heterocycles. The molecule has 2 rings (SSSR count). The van der Waals surface area contributed by atoms with Crippen molar-refractivity contribution >= 4 is 17.5 Å². The van der Waals surface area contributed by atoms with Crippen LogP contribution in [0.1, 0.15) is 29.8 Å². The van der Waals surface area contributed by atoms with E-state index in [-0.39, 0.29) is 12.5 Å². The average Bonchev–Trinajstić information content (AvgIpc) is 2.79. The SMILES string of the molecule is Cc1ccc(Cl)c(OC(C)C(=O)NCc2nc(C)c(C)o2)c1. The highest BCUT2D eigenvalue weighted by Gasteiger charge is 2.17. The highest BCUT2D eigenvalue weighted by Crippen LogP contribution is 2.26. The maximum atomic E-state index is 12.1. The molecule has 0 spiro atoms. The number of aryl methyl sites for hydroxylation is 3. The van der Waals surface area contributed by atoms with Crippen molar-refractivity contribution in [3.63, 3.8) is 0 Å². The summed E-state index contributed by atoms with van der Waals surface area (Å²) >= 11 is 6.06. The first-order valence-corrected chi connectivity index (χ1v) is 7.38.